The lowest BCUT2D eigenvalue weighted by Gasteiger charge is -2.28. The molecule has 8 nitrogen and oxygen atoms in total. The monoisotopic (exact) mass is 490 g/mol. The van der Waals surface area contributed by atoms with Gasteiger partial charge in [-0.15, -0.1) is 0 Å². The number of benzene rings is 1. The van der Waals surface area contributed by atoms with E-state index in [0.29, 0.717) is 5.69 Å². The Balaban J connectivity index is 1.82. The molecular weight excluding hydrogens is 473 g/mol. The van der Waals surface area contributed by atoms with Gasteiger partial charge >= 0.3 is 6.03 Å². The number of sulfonamides is 1. The third kappa shape index (κ3) is 4.48. The third-order valence-electron chi connectivity index (χ3n) is 5.19. The highest BCUT2D eigenvalue weighted by atomic mass is 35.5. The summed E-state index contributed by atoms with van der Waals surface area (Å²) in [5.74, 6) is -4.77. The fraction of sp³-hybridized carbons (Fsp3) is 0.368. The van der Waals surface area contributed by atoms with E-state index in [1.165, 1.54) is 30.3 Å². The summed E-state index contributed by atoms with van der Waals surface area (Å²) in [4.78, 5) is 17.8. The molecule has 1 fully saturated rings. The fourth-order valence-electron chi connectivity index (χ4n) is 3.77. The predicted octanol–water partition coefficient (Wildman–Crippen LogP) is 2.67. The molecule has 0 spiro atoms. The molecule has 0 radical (unpaired) electrons. The summed E-state index contributed by atoms with van der Waals surface area (Å²) in [5, 5.41) is 2.59. The zero-order chi connectivity index (χ0) is 23.3. The van der Waals surface area contributed by atoms with Crippen LogP contribution in [0.2, 0.25) is 5.02 Å². The number of carbonyl (C=O) groups is 1. The van der Waals surface area contributed by atoms with Crippen molar-refractivity contribution in [2.24, 2.45) is 0 Å². The lowest BCUT2D eigenvalue weighted by molar-refractivity contribution is -0.00453. The van der Waals surface area contributed by atoms with Crippen LogP contribution in [-0.4, -0.2) is 55.1 Å². The van der Waals surface area contributed by atoms with Crippen molar-refractivity contribution in [3.63, 3.8) is 0 Å². The van der Waals surface area contributed by atoms with Gasteiger partial charge in [0.25, 0.3) is 5.92 Å². The molecule has 0 saturated carbocycles. The molecule has 172 valence electrons. The van der Waals surface area contributed by atoms with Crippen LogP contribution in [0.5, 0.6) is 11.6 Å². The number of ether oxygens (including phenoxy) is 1. The molecule has 1 aromatic heterocycles. The molecular formula is C19H18ClF3N4O4S. The van der Waals surface area contributed by atoms with Crippen LogP contribution >= 0.6 is 11.6 Å². The smallest absolute Gasteiger partial charge is 0.318 e. The van der Waals surface area contributed by atoms with E-state index in [1.54, 1.807) is 0 Å². The highest BCUT2D eigenvalue weighted by Crippen LogP contribution is 2.37. The molecule has 3 heterocycles. The Morgan fingerprint density at radius 1 is 1.31 bits per heavy atom. The zero-order valence-corrected chi connectivity index (χ0v) is 18.2. The van der Waals surface area contributed by atoms with E-state index in [2.05, 4.69) is 10.3 Å². The van der Waals surface area contributed by atoms with Gasteiger partial charge in [0.2, 0.25) is 15.9 Å². The molecule has 2 atom stereocenters. The van der Waals surface area contributed by atoms with Crippen molar-refractivity contribution >= 4 is 27.7 Å². The van der Waals surface area contributed by atoms with Gasteiger partial charge in [-0.2, -0.15) is 0 Å². The summed E-state index contributed by atoms with van der Waals surface area (Å²) in [5.41, 5.74) is 0.247. The Labute approximate surface area is 186 Å². The number of hydrogen-bond donors (Lipinski definition) is 2. The molecule has 2 aromatic rings. The second-order valence-electron chi connectivity index (χ2n) is 7.61. The van der Waals surface area contributed by atoms with E-state index in [9.17, 15) is 22.0 Å². The Morgan fingerprint density at radius 2 is 2.06 bits per heavy atom. The molecule has 2 aliphatic rings. The maximum Gasteiger partial charge on any atom is 0.318 e. The van der Waals surface area contributed by atoms with E-state index in [-0.39, 0.29) is 28.8 Å². The first-order valence-corrected chi connectivity index (χ1v) is 11.7. The fourth-order valence-corrected chi connectivity index (χ4v) is 4.71. The predicted molar refractivity (Wildman–Crippen MR) is 109 cm³/mol. The second-order valence-corrected chi connectivity index (χ2v) is 9.79. The number of nitrogens with zero attached hydrogens (tertiary/aromatic N) is 2. The van der Waals surface area contributed by atoms with Crippen molar-refractivity contribution in [1.82, 2.24) is 19.9 Å². The minimum absolute atomic E-state index is 0.0465. The molecule has 0 aliphatic carbocycles. The number of amides is 2. The molecule has 1 saturated heterocycles. The largest absolute Gasteiger partial charge is 0.434 e. The number of fused-ring (bicyclic) bond motifs is 5. The Kier molecular flexibility index (Phi) is 5.72. The normalized spacial score (nSPS) is 22.7. The van der Waals surface area contributed by atoms with Gasteiger partial charge in [0, 0.05) is 0 Å². The first-order chi connectivity index (χ1) is 14.9. The van der Waals surface area contributed by atoms with Gasteiger partial charge in [-0.1, -0.05) is 23.7 Å². The average Bonchev–Trinajstić information content (AvgIpc) is 2.94. The van der Waals surface area contributed by atoms with Crippen LogP contribution in [0.15, 0.2) is 30.3 Å². The first-order valence-electron chi connectivity index (χ1n) is 9.45. The summed E-state index contributed by atoms with van der Waals surface area (Å²) in [6.45, 7) is -1.20. The number of carbonyl (C=O) groups excluding carboxylic acids is 1. The molecule has 2 aliphatic heterocycles. The lowest BCUT2D eigenvalue weighted by Crippen LogP contribution is -2.53. The summed E-state index contributed by atoms with van der Waals surface area (Å²) >= 11 is 6.08. The maximum absolute atomic E-state index is 15.2. The number of alkyl halides is 2. The van der Waals surface area contributed by atoms with Gasteiger partial charge in [-0.05, 0) is 30.2 Å². The molecule has 0 unspecified atom stereocenters. The summed E-state index contributed by atoms with van der Waals surface area (Å²) in [6.07, 6.45) is 0.348. The summed E-state index contributed by atoms with van der Waals surface area (Å²) < 4.78 is 75.8. The van der Waals surface area contributed by atoms with Crippen LogP contribution in [-0.2, 0) is 23.0 Å². The molecule has 2 amide bonds. The number of pyridine rings is 1. The standard InChI is InChI=1S/C19H18ClF3N4O4S/c1-32(29,30)26-16-13-7-10-3-2-4-14(15(10)21)31-17-12(20)6-5-11(25-17)8-24-18(28)27(13)9-19(16,22)23/h2-6,13,16,26H,7-9H2,1H3,(H,24,28)/t13-,16+/m0/s1. The van der Waals surface area contributed by atoms with Gasteiger partial charge in [0.15, 0.2) is 11.6 Å². The van der Waals surface area contributed by atoms with Crippen LogP contribution in [0.25, 0.3) is 0 Å². The van der Waals surface area contributed by atoms with Crippen LogP contribution in [0, 0.1) is 5.82 Å². The zero-order valence-electron chi connectivity index (χ0n) is 16.6. The van der Waals surface area contributed by atoms with E-state index >= 15 is 4.39 Å². The van der Waals surface area contributed by atoms with Gasteiger partial charge < -0.3 is 15.0 Å². The van der Waals surface area contributed by atoms with Crippen molar-refractivity contribution in [2.45, 2.75) is 31.0 Å². The summed E-state index contributed by atoms with van der Waals surface area (Å²) in [7, 11) is -4.06. The molecule has 32 heavy (non-hydrogen) atoms. The number of hydrogen-bond acceptors (Lipinski definition) is 5. The van der Waals surface area contributed by atoms with Gasteiger partial charge in [0.05, 0.1) is 31.1 Å². The van der Waals surface area contributed by atoms with Crippen LogP contribution in [0.1, 0.15) is 11.3 Å². The molecule has 13 heteroatoms. The third-order valence-corrected chi connectivity index (χ3v) is 6.16. The van der Waals surface area contributed by atoms with Crippen LogP contribution in [0.3, 0.4) is 0 Å². The van der Waals surface area contributed by atoms with Crippen molar-refractivity contribution in [1.29, 1.82) is 0 Å². The quantitative estimate of drug-likeness (QED) is 0.674. The van der Waals surface area contributed by atoms with Crippen molar-refractivity contribution in [3.05, 3.63) is 52.4 Å². The highest BCUT2D eigenvalue weighted by Gasteiger charge is 2.57. The molecule has 4 bridgehead atoms. The Hall–Kier alpha value is -2.57. The minimum Gasteiger partial charge on any atom is -0.434 e. The van der Waals surface area contributed by atoms with Crippen molar-refractivity contribution in [3.8, 4) is 11.6 Å². The lowest BCUT2D eigenvalue weighted by atomic mass is 9.98. The molecule has 4 rings (SSSR count). The minimum atomic E-state index is -4.06. The van der Waals surface area contributed by atoms with Gasteiger partial charge in [-0.3, -0.25) is 0 Å². The SMILES string of the molecule is CS(=O)(=O)N[C@@H]1[C@@H]2Cc3cccc(c3F)Oc3nc(ccc3Cl)CNC(=O)N2CC1(F)F. The summed E-state index contributed by atoms with van der Waals surface area (Å²) in [6, 6.07) is 2.86. The maximum atomic E-state index is 15.2. The topological polar surface area (TPSA) is 101 Å². The number of aromatic nitrogens is 1. The van der Waals surface area contributed by atoms with E-state index in [1.807, 2.05) is 4.72 Å². The first kappa shape index (κ1) is 22.6. The number of halogens is 4. The highest BCUT2D eigenvalue weighted by molar-refractivity contribution is 7.88. The number of urea groups is 1. The van der Waals surface area contributed by atoms with E-state index in [0.717, 1.165) is 11.2 Å². The molecule has 1 aromatic carbocycles. The molecule has 2 N–H and O–H groups in total. The number of nitrogens with one attached hydrogen (secondary N) is 2. The van der Waals surface area contributed by atoms with Gasteiger partial charge in [0.1, 0.15) is 11.1 Å². The van der Waals surface area contributed by atoms with Crippen molar-refractivity contribution < 1.29 is 31.1 Å². The van der Waals surface area contributed by atoms with Crippen LogP contribution < -0.4 is 14.8 Å². The Bertz CT molecular complexity index is 1180. The van der Waals surface area contributed by atoms with E-state index < -0.39 is 52.8 Å². The Morgan fingerprint density at radius 3 is 2.78 bits per heavy atom. The average molecular weight is 491 g/mol. The van der Waals surface area contributed by atoms with E-state index in [4.69, 9.17) is 16.3 Å². The van der Waals surface area contributed by atoms with Gasteiger partial charge in [-0.25, -0.2) is 36.1 Å². The second kappa shape index (κ2) is 8.09. The van der Waals surface area contributed by atoms with Crippen LogP contribution in [0.4, 0.5) is 18.0 Å². The number of rotatable bonds is 2. The van der Waals surface area contributed by atoms with Crippen molar-refractivity contribution in [2.75, 3.05) is 12.8 Å².